The largest absolute Gasteiger partial charge is 0.307 e. The van der Waals surface area contributed by atoms with Gasteiger partial charge in [0.15, 0.2) is 5.78 Å². The Morgan fingerprint density at radius 2 is 2.27 bits per heavy atom. The highest BCUT2D eigenvalue weighted by molar-refractivity contribution is 7.18. The molecule has 0 amide bonds. The Hall–Kier alpha value is -0.910. The van der Waals surface area contributed by atoms with Gasteiger partial charge >= 0.3 is 4.87 Å². The number of rotatable bonds is 3. The number of halogens is 1. The highest BCUT2D eigenvalue weighted by Gasteiger charge is 2.10. The molecule has 0 saturated carbocycles. The lowest BCUT2D eigenvalue weighted by atomic mass is 10.3. The fraction of sp³-hybridized carbons (Fsp3) is 0.111. The molecule has 0 radical (unpaired) electrons. The van der Waals surface area contributed by atoms with Gasteiger partial charge in [-0.2, -0.15) is 0 Å². The maximum atomic E-state index is 11.7. The molecule has 2 heterocycles. The number of ketones is 1. The minimum absolute atomic E-state index is 0.0825. The Morgan fingerprint density at radius 1 is 1.47 bits per heavy atom. The van der Waals surface area contributed by atoms with E-state index >= 15 is 0 Å². The van der Waals surface area contributed by atoms with Crippen LogP contribution in [0, 0.1) is 0 Å². The van der Waals surface area contributed by atoms with Gasteiger partial charge in [-0.25, -0.2) is 0 Å². The predicted molar refractivity (Wildman–Crippen MR) is 62.2 cm³/mol. The molecule has 15 heavy (non-hydrogen) atoms. The fourth-order valence-electron chi connectivity index (χ4n) is 1.10. The van der Waals surface area contributed by atoms with Crippen LogP contribution in [0.5, 0.6) is 0 Å². The van der Waals surface area contributed by atoms with Crippen molar-refractivity contribution in [1.29, 1.82) is 0 Å². The summed E-state index contributed by atoms with van der Waals surface area (Å²) in [6, 6.07) is 3.35. The van der Waals surface area contributed by atoms with Gasteiger partial charge in [0.05, 0.1) is 15.8 Å². The molecule has 0 saturated heterocycles. The molecule has 0 aliphatic rings. The van der Waals surface area contributed by atoms with Crippen molar-refractivity contribution in [2.45, 2.75) is 6.54 Å². The summed E-state index contributed by atoms with van der Waals surface area (Å²) in [5.41, 5.74) is 0. The second-order valence-electron chi connectivity index (χ2n) is 2.82. The zero-order chi connectivity index (χ0) is 10.8. The Balaban J connectivity index is 2.18. The molecule has 0 bridgehead atoms. The number of carbonyl (C=O) groups excluding carboxylic acids is 1. The van der Waals surface area contributed by atoms with Gasteiger partial charge < -0.3 is 0 Å². The molecule has 6 heteroatoms. The van der Waals surface area contributed by atoms with Crippen molar-refractivity contribution >= 4 is 40.1 Å². The van der Waals surface area contributed by atoms with E-state index in [2.05, 4.69) is 0 Å². The van der Waals surface area contributed by atoms with Crippen LogP contribution in [0.2, 0.25) is 4.34 Å². The van der Waals surface area contributed by atoms with Crippen LogP contribution >= 0.6 is 34.3 Å². The second-order valence-corrected chi connectivity index (χ2v) is 5.40. The van der Waals surface area contributed by atoms with E-state index in [0.29, 0.717) is 9.21 Å². The first-order valence-electron chi connectivity index (χ1n) is 4.09. The van der Waals surface area contributed by atoms with Crippen molar-refractivity contribution in [3.8, 4) is 0 Å². The monoisotopic (exact) mass is 259 g/mol. The summed E-state index contributed by atoms with van der Waals surface area (Å²) in [6.45, 7) is 0.0825. The number of aromatic nitrogens is 1. The van der Waals surface area contributed by atoms with Gasteiger partial charge in [0.2, 0.25) is 0 Å². The van der Waals surface area contributed by atoms with E-state index in [1.807, 2.05) is 0 Å². The van der Waals surface area contributed by atoms with Crippen LogP contribution in [-0.2, 0) is 6.54 Å². The Labute approximate surface area is 98.6 Å². The molecule has 0 aromatic carbocycles. The van der Waals surface area contributed by atoms with Crippen LogP contribution in [-0.4, -0.2) is 10.4 Å². The number of nitrogens with zero attached hydrogens (tertiary/aromatic N) is 1. The summed E-state index contributed by atoms with van der Waals surface area (Å²) in [7, 11) is 0. The average Bonchev–Trinajstić information content (AvgIpc) is 2.77. The normalized spacial score (nSPS) is 10.5. The maximum Gasteiger partial charge on any atom is 0.307 e. The van der Waals surface area contributed by atoms with Crippen LogP contribution in [0.3, 0.4) is 0 Å². The van der Waals surface area contributed by atoms with E-state index in [1.54, 1.807) is 23.7 Å². The third-order valence-corrected chi connectivity index (χ3v) is 3.77. The molecular weight excluding hydrogens is 254 g/mol. The summed E-state index contributed by atoms with van der Waals surface area (Å²) in [5.74, 6) is -0.0904. The Kier molecular flexibility index (Phi) is 3.04. The molecule has 3 nitrogen and oxygen atoms in total. The molecule has 0 atom stereocenters. The van der Waals surface area contributed by atoms with Gasteiger partial charge in [0, 0.05) is 11.6 Å². The van der Waals surface area contributed by atoms with Gasteiger partial charge in [-0.3, -0.25) is 14.2 Å². The van der Waals surface area contributed by atoms with Gasteiger partial charge in [0.25, 0.3) is 0 Å². The SMILES string of the molecule is O=C(Cn1ccsc1=O)c1ccc(Cl)s1. The van der Waals surface area contributed by atoms with E-state index in [0.717, 1.165) is 11.3 Å². The number of thiophene rings is 1. The van der Waals surface area contributed by atoms with Gasteiger partial charge in [0.1, 0.15) is 0 Å². The lowest BCUT2D eigenvalue weighted by Crippen LogP contribution is -2.17. The molecule has 0 fully saturated rings. The number of thiazole rings is 1. The summed E-state index contributed by atoms with van der Waals surface area (Å²) >= 11 is 8.02. The average molecular weight is 260 g/mol. The highest BCUT2D eigenvalue weighted by atomic mass is 35.5. The standard InChI is InChI=1S/C9H6ClNO2S2/c10-8-2-1-7(15-8)6(12)5-11-3-4-14-9(11)13/h1-4H,5H2. The third kappa shape index (κ3) is 2.37. The lowest BCUT2D eigenvalue weighted by Gasteiger charge is -1.97. The molecule has 0 N–H and O–H groups in total. The molecule has 0 aliphatic carbocycles. The minimum Gasteiger partial charge on any atom is -0.298 e. The number of hydrogen-bond donors (Lipinski definition) is 0. The highest BCUT2D eigenvalue weighted by Crippen LogP contribution is 2.21. The first kappa shape index (κ1) is 10.6. The van der Waals surface area contributed by atoms with Crippen LogP contribution in [0.25, 0.3) is 0 Å². The van der Waals surface area contributed by atoms with Crippen molar-refractivity contribution in [3.05, 3.63) is 42.6 Å². The van der Waals surface area contributed by atoms with E-state index in [1.165, 1.54) is 15.9 Å². The molecule has 78 valence electrons. The topological polar surface area (TPSA) is 39.1 Å². The van der Waals surface area contributed by atoms with Crippen molar-refractivity contribution in [1.82, 2.24) is 4.57 Å². The zero-order valence-corrected chi connectivity index (χ0v) is 9.86. The predicted octanol–water partition coefficient (Wildman–Crippen LogP) is 2.51. The maximum absolute atomic E-state index is 11.7. The molecule has 0 spiro atoms. The van der Waals surface area contributed by atoms with Crippen molar-refractivity contribution < 1.29 is 4.79 Å². The zero-order valence-electron chi connectivity index (χ0n) is 7.47. The third-order valence-electron chi connectivity index (χ3n) is 1.81. The molecule has 0 aliphatic heterocycles. The van der Waals surface area contributed by atoms with Crippen molar-refractivity contribution in [2.75, 3.05) is 0 Å². The summed E-state index contributed by atoms with van der Waals surface area (Å²) < 4.78 is 1.97. The first-order chi connectivity index (χ1) is 7.16. The van der Waals surface area contributed by atoms with E-state index in [4.69, 9.17) is 11.6 Å². The van der Waals surface area contributed by atoms with Crippen LogP contribution in [0.4, 0.5) is 0 Å². The minimum atomic E-state index is -0.119. The van der Waals surface area contributed by atoms with Crippen LogP contribution in [0.15, 0.2) is 28.5 Å². The van der Waals surface area contributed by atoms with E-state index < -0.39 is 0 Å². The summed E-state index contributed by atoms with van der Waals surface area (Å²) in [6.07, 6.45) is 1.61. The molecule has 2 aromatic rings. The van der Waals surface area contributed by atoms with Gasteiger partial charge in [-0.05, 0) is 12.1 Å². The van der Waals surface area contributed by atoms with Gasteiger partial charge in [-0.1, -0.05) is 22.9 Å². The Morgan fingerprint density at radius 3 is 2.80 bits per heavy atom. The fourth-order valence-corrected chi connectivity index (χ4v) is 2.66. The first-order valence-corrected chi connectivity index (χ1v) is 6.17. The van der Waals surface area contributed by atoms with E-state index in [-0.39, 0.29) is 17.2 Å². The number of carbonyl (C=O) groups is 1. The molecular formula is C9H6ClNO2S2. The number of Topliss-reactive ketones (excluding diaryl/α,β-unsaturated/α-hetero) is 1. The summed E-state index contributed by atoms with van der Waals surface area (Å²) in [4.78, 5) is 23.3. The quantitative estimate of drug-likeness (QED) is 0.795. The number of hydrogen-bond acceptors (Lipinski definition) is 4. The smallest absolute Gasteiger partial charge is 0.298 e. The van der Waals surface area contributed by atoms with Crippen LogP contribution < -0.4 is 4.87 Å². The summed E-state index contributed by atoms with van der Waals surface area (Å²) in [5, 5.41) is 1.66. The molecule has 2 rings (SSSR count). The Bertz CT molecular complexity index is 540. The second kappa shape index (κ2) is 4.30. The van der Waals surface area contributed by atoms with Gasteiger partial charge in [-0.15, -0.1) is 11.3 Å². The van der Waals surface area contributed by atoms with Crippen LogP contribution in [0.1, 0.15) is 9.67 Å². The molecule has 2 aromatic heterocycles. The van der Waals surface area contributed by atoms with Crippen molar-refractivity contribution in [2.24, 2.45) is 0 Å². The lowest BCUT2D eigenvalue weighted by molar-refractivity contribution is 0.0975. The molecule has 0 unspecified atom stereocenters. The van der Waals surface area contributed by atoms with E-state index in [9.17, 15) is 9.59 Å². The van der Waals surface area contributed by atoms with Crippen molar-refractivity contribution in [3.63, 3.8) is 0 Å².